The highest BCUT2D eigenvalue weighted by Gasteiger charge is 2.28. The summed E-state index contributed by atoms with van der Waals surface area (Å²) in [6.07, 6.45) is 4.22. The molecule has 3 rings (SSSR count). The van der Waals surface area contributed by atoms with Crippen LogP contribution in [0.5, 0.6) is 5.75 Å². The molecule has 1 aliphatic carbocycles. The van der Waals surface area contributed by atoms with Gasteiger partial charge in [-0.1, -0.05) is 43.2 Å². The molecular formula is C25H31FN2O3S. The first kappa shape index (κ1) is 24.1. The van der Waals surface area contributed by atoms with E-state index < -0.39 is 6.04 Å². The lowest BCUT2D eigenvalue weighted by molar-refractivity contribution is -0.138. The van der Waals surface area contributed by atoms with Gasteiger partial charge in [0.2, 0.25) is 11.8 Å². The van der Waals surface area contributed by atoms with Crippen LogP contribution in [0.4, 0.5) is 4.39 Å². The molecule has 172 valence electrons. The maximum Gasteiger partial charge on any atom is 0.242 e. The molecule has 0 saturated heterocycles. The van der Waals surface area contributed by atoms with Gasteiger partial charge in [-0.25, -0.2) is 4.39 Å². The molecule has 2 aromatic rings. The number of carbonyl (C=O) groups is 2. The van der Waals surface area contributed by atoms with E-state index in [0.717, 1.165) is 31.2 Å². The third-order valence-corrected chi connectivity index (χ3v) is 6.76. The smallest absolute Gasteiger partial charge is 0.242 e. The standard InChI is InChI=1S/C25H31FN2O3S/c1-18(25(30)27-21-10-4-5-11-21)28(15-19-8-7-12-22(14-19)31-2)24(29)17-32-16-20-9-3-6-13-23(20)26/h3,6-9,12-14,18,21H,4-5,10-11,15-17H2,1-2H3,(H,27,30)/t18-/m0/s1. The Labute approximate surface area is 193 Å². The number of carbonyl (C=O) groups excluding carboxylic acids is 2. The fourth-order valence-corrected chi connectivity index (χ4v) is 4.79. The number of nitrogens with zero attached hydrogens (tertiary/aromatic N) is 1. The van der Waals surface area contributed by atoms with E-state index >= 15 is 0 Å². The molecule has 1 fully saturated rings. The summed E-state index contributed by atoms with van der Waals surface area (Å²) in [5.41, 5.74) is 1.45. The van der Waals surface area contributed by atoms with Gasteiger partial charge in [-0.2, -0.15) is 0 Å². The van der Waals surface area contributed by atoms with E-state index in [1.165, 1.54) is 17.8 Å². The molecule has 1 saturated carbocycles. The number of hydrogen-bond donors (Lipinski definition) is 1. The van der Waals surface area contributed by atoms with Gasteiger partial charge in [-0.05, 0) is 49.1 Å². The minimum Gasteiger partial charge on any atom is -0.497 e. The lowest BCUT2D eigenvalue weighted by Crippen LogP contribution is -2.50. The van der Waals surface area contributed by atoms with Crippen molar-refractivity contribution in [1.82, 2.24) is 10.2 Å². The number of rotatable bonds is 10. The van der Waals surface area contributed by atoms with Crippen molar-refractivity contribution in [3.63, 3.8) is 0 Å². The largest absolute Gasteiger partial charge is 0.497 e. The first-order valence-corrected chi connectivity index (χ1v) is 12.2. The summed E-state index contributed by atoms with van der Waals surface area (Å²) in [5, 5.41) is 3.10. The summed E-state index contributed by atoms with van der Waals surface area (Å²) in [6.45, 7) is 2.07. The van der Waals surface area contributed by atoms with E-state index in [1.807, 2.05) is 24.3 Å². The zero-order valence-corrected chi connectivity index (χ0v) is 19.5. The first-order chi connectivity index (χ1) is 15.5. The van der Waals surface area contributed by atoms with Crippen LogP contribution in [0.15, 0.2) is 48.5 Å². The SMILES string of the molecule is COc1cccc(CN(C(=O)CSCc2ccccc2F)[C@@H](C)C(=O)NC2CCCC2)c1. The maximum absolute atomic E-state index is 13.9. The average molecular weight is 459 g/mol. The zero-order valence-electron chi connectivity index (χ0n) is 18.7. The highest BCUT2D eigenvalue weighted by molar-refractivity contribution is 7.99. The van der Waals surface area contributed by atoms with Gasteiger partial charge >= 0.3 is 0 Å². The molecule has 0 unspecified atom stereocenters. The Balaban J connectivity index is 1.68. The Morgan fingerprint density at radius 1 is 1.19 bits per heavy atom. The molecule has 0 aromatic heterocycles. The Hall–Kier alpha value is -2.54. The van der Waals surface area contributed by atoms with Crippen LogP contribution in [-0.2, 0) is 21.9 Å². The number of nitrogens with one attached hydrogen (secondary N) is 1. The Morgan fingerprint density at radius 3 is 2.66 bits per heavy atom. The van der Waals surface area contributed by atoms with Crippen molar-refractivity contribution < 1.29 is 18.7 Å². The first-order valence-electron chi connectivity index (χ1n) is 11.0. The molecule has 7 heteroatoms. The quantitative estimate of drug-likeness (QED) is 0.568. The van der Waals surface area contributed by atoms with Crippen LogP contribution in [0.25, 0.3) is 0 Å². The molecule has 0 bridgehead atoms. The average Bonchev–Trinajstić information content (AvgIpc) is 3.31. The second-order valence-corrected chi connectivity index (χ2v) is 9.11. The maximum atomic E-state index is 13.9. The Kier molecular flexibility index (Phi) is 8.97. The second-order valence-electron chi connectivity index (χ2n) is 8.12. The summed E-state index contributed by atoms with van der Waals surface area (Å²) >= 11 is 1.35. The van der Waals surface area contributed by atoms with E-state index in [4.69, 9.17) is 4.74 Å². The highest BCUT2D eigenvalue weighted by atomic mass is 32.2. The van der Waals surface area contributed by atoms with Crippen LogP contribution in [0, 0.1) is 5.82 Å². The van der Waals surface area contributed by atoms with E-state index in [2.05, 4.69) is 5.32 Å². The van der Waals surface area contributed by atoms with E-state index in [1.54, 1.807) is 37.1 Å². The van der Waals surface area contributed by atoms with Gasteiger partial charge < -0.3 is 15.0 Å². The molecule has 1 aliphatic rings. The van der Waals surface area contributed by atoms with Crippen molar-refractivity contribution in [2.45, 2.75) is 57.0 Å². The van der Waals surface area contributed by atoms with Crippen LogP contribution in [0.2, 0.25) is 0 Å². The number of amides is 2. The number of halogens is 1. The van der Waals surface area contributed by atoms with Gasteiger partial charge in [0.1, 0.15) is 17.6 Å². The summed E-state index contributed by atoms with van der Waals surface area (Å²) in [5.74, 6) is 0.709. The van der Waals surface area contributed by atoms with Crippen LogP contribution in [0.1, 0.15) is 43.7 Å². The van der Waals surface area contributed by atoms with Crippen molar-refractivity contribution in [2.75, 3.05) is 12.9 Å². The molecular weight excluding hydrogens is 427 g/mol. The zero-order chi connectivity index (χ0) is 22.9. The number of thioether (sulfide) groups is 1. The van der Waals surface area contributed by atoms with Gasteiger partial charge in [0.25, 0.3) is 0 Å². The predicted molar refractivity (Wildman–Crippen MR) is 126 cm³/mol. The minimum atomic E-state index is -0.608. The fourth-order valence-electron chi connectivity index (χ4n) is 3.89. The third-order valence-electron chi connectivity index (χ3n) is 5.80. The fraction of sp³-hybridized carbons (Fsp3) is 0.440. The molecule has 1 N–H and O–H groups in total. The topological polar surface area (TPSA) is 58.6 Å². The number of hydrogen-bond acceptors (Lipinski definition) is 4. The molecule has 0 spiro atoms. The predicted octanol–water partition coefficient (Wildman–Crippen LogP) is 4.54. The van der Waals surface area contributed by atoms with E-state index in [0.29, 0.717) is 23.6 Å². The number of ether oxygens (including phenoxy) is 1. The van der Waals surface area contributed by atoms with Crippen molar-refractivity contribution >= 4 is 23.6 Å². The molecule has 0 heterocycles. The van der Waals surface area contributed by atoms with Crippen LogP contribution in [0.3, 0.4) is 0 Å². The monoisotopic (exact) mass is 458 g/mol. The molecule has 32 heavy (non-hydrogen) atoms. The van der Waals surface area contributed by atoms with Gasteiger partial charge in [0, 0.05) is 18.3 Å². The van der Waals surface area contributed by atoms with Gasteiger partial charge in [-0.3, -0.25) is 9.59 Å². The second kappa shape index (κ2) is 11.9. The van der Waals surface area contributed by atoms with E-state index in [9.17, 15) is 14.0 Å². The van der Waals surface area contributed by atoms with Crippen molar-refractivity contribution in [3.8, 4) is 5.75 Å². The molecule has 5 nitrogen and oxygen atoms in total. The van der Waals surface area contributed by atoms with Crippen molar-refractivity contribution in [3.05, 3.63) is 65.5 Å². The summed E-state index contributed by atoms with van der Waals surface area (Å²) in [4.78, 5) is 27.7. The normalized spacial score (nSPS) is 14.7. The third kappa shape index (κ3) is 6.73. The van der Waals surface area contributed by atoms with Gasteiger partial charge in [-0.15, -0.1) is 11.8 Å². The van der Waals surface area contributed by atoms with Crippen LogP contribution < -0.4 is 10.1 Å². The molecule has 0 radical (unpaired) electrons. The lowest BCUT2D eigenvalue weighted by atomic mass is 10.1. The van der Waals surface area contributed by atoms with Gasteiger partial charge in [0.15, 0.2) is 0 Å². The highest BCUT2D eigenvalue weighted by Crippen LogP contribution is 2.21. The van der Waals surface area contributed by atoms with Gasteiger partial charge in [0.05, 0.1) is 12.9 Å². The molecule has 2 aromatic carbocycles. The Bertz CT molecular complexity index is 918. The molecule has 0 aliphatic heterocycles. The van der Waals surface area contributed by atoms with Crippen molar-refractivity contribution in [1.29, 1.82) is 0 Å². The van der Waals surface area contributed by atoms with Crippen LogP contribution in [-0.4, -0.2) is 41.7 Å². The number of benzene rings is 2. The van der Waals surface area contributed by atoms with Crippen molar-refractivity contribution in [2.24, 2.45) is 0 Å². The number of methoxy groups -OCH3 is 1. The molecule has 2 amide bonds. The lowest BCUT2D eigenvalue weighted by Gasteiger charge is -2.30. The van der Waals surface area contributed by atoms with Crippen LogP contribution >= 0.6 is 11.8 Å². The summed E-state index contributed by atoms with van der Waals surface area (Å²) in [6, 6.07) is 13.6. The minimum absolute atomic E-state index is 0.132. The van der Waals surface area contributed by atoms with E-state index in [-0.39, 0.29) is 29.4 Å². The summed E-state index contributed by atoms with van der Waals surface area (Å²) in [7, 11) is 1.60. The summed E-state index contributed by atoms with van der Waals surface area (Å²) < 4.78 is 19.2. The molecule has 1 atom stereocenters. The Morgan fingerprint density at radius 2 is 1.94 bits per heavy atom.